The fourth-order valence-corrected chi connectivity index (χ4v) is 5.37. The van der Waals surface area contributed by atoms with E-state index in [1.807, 2.05) is 27.9 Å². The largest absolute Gasteiger partial charge is 0.480 e. The van der Waals surface area contributed by atoms with Crippen molar-refractivity contribution in [1.82, 2.24) is 34.2 Å². The van der Waals surface area contributed by atoms with Gasteiger partial charge in [-0.2, -0.15) is 9.97 Å². The maximum Gasteiger partial charge on any atom is 0.233 e. The molecule has 2 aliphatic rings. The van der Waals surface area contributed by atoms with Gasteiger partial charge >= 0.3 is 0 Å². The molecule has 2 N–H and O–H groups in total. The Morgan fingerprint density at radius 2 is 2.06 bits per heavy atom. The summed E-state index contributed by atoms with van der Waals surface area (Å²) >= 11 is 0. The molecule has 0 aromatic carbocycles. The van der Waals surface area contributed by atoms with E-state index in [0.717, 1.165) is 55.3 Å². The Morgan fingerprint density at radius 1 is 1.24 bits per heavy atom. The molecule has 0 atom stereocenters. The lowest BCUT2D eigenvalue weighted by Crippen LogP contribution is -2.52. The number of hydrogen-bond donors (Lipinski definition) is 2. The van der Waals surface area contributed by atoms with Crippen molar-refractivity contribution in [3.63, 3.8) is 0 Å². The Kier molecular flexibility index (Phi) is 4.49. The maximum absolute atomic E-state index is 11.6. The van der Waals surface area contributed by atoms with Crippen molar-refractivity contribution < 1.29 is 9.53 Å². The van der Waals surface area contributed by atoms with Gasteiger partial charge in [0.15, 0.2) is 0 Å². The molecule has 5 heterocycles. The van der Waals surface area contributed by atoms with Crippen molar-refractivity contribution in [2.75, 3.05) is 25.5 Å². The van der Waals surface area contributed by atoms with Gasteiger partial charge in [0, 0.05) is 68.2 Å². The van der Waals surface area contributed by atoms with Crippen molar-refractivity contribution in [2.24, 2.45) is 5.41 Å². The molecule has 1 amide bonds. The minimum Gasteiger partial charge on any atom is -0.480 e. The molecule has 4 aromatic heterocycles. The molecule has 10 heteroatoms. The number of nitrogens with one attached hydrogen (secondary N) is 2. The molecule has 1 saturated carbocycles. The van der Waals surface area contributed by atoms with E-state index in [1.54, 1.807) is 26.4 Å². The standard InChI is InChI=1S/C23H26N8O2/c1-14(32)30-6-3-23(4-7-30)9-16(10-23)27-21-28-19-18(20(29-21)33-2)17(12-25-19)15-11-26-22-24-5-8-31(22)13-15/h5,8,11-13,16H,3-4,6-7,9-10H2,1-2H3,(H2,25,27,28,29). The number of imidazole rings is 1. The van der Waals surface area contributed by atoms with Gasteiger partial charge in [0.1, 0.15) is 5.65 Å². The minimum absolute atomic E-state index is 0.179. The van der Waals surface area contributed by atoms with E-state index in [9.17, 15) is 4.79 Å². The lowest BCUT2D eigenvalue weighted by Gasteiger charge is -2.52. The van der Waals surface area contributed by atoms with Crippen molar-refractivity contribution >= 4 is 28.7 Å². The topological polar surface area (TPSA) is 113 Å². The second kappa shape index (κ2) is 7.43. The highest BCUT2D eigenvalue weighted by atomic mass is 16.5. The van der Waals surface area contributed by atoms with E-state index in [-0.39, 0.29) is 5.91 Å². The van der Waals surface area contributed by atoms with E-state index < -0.39 is 0 Å². The number of fused-ring (bicyclic) bond motifs is 2. The summed E-state index contributed by atoms with van der Waals surface area (Å²) in [6.07, 6.45) is 13.6. The van der Waals surface area contributed by atoms with E-state index >= 15 is 0 Å². The van der Waals surface area contributed by atoms with Crippen LogP contribution in [0.25, 0.3) is 27.9 Å². The minimum atomic E-state index is 0.179. The third-order valence-corrected chi connectivity index (χ3v) is 7.21. The number of nitrogens with zero attached hydrogens (tertiary/aromatic N) is 6. The molecule has 4 aromatic rings. The number of carbonyl (C=O) groups excluding carboxylic acids is 1. The molecule has 1 aliphatic carbocycles. The predicted molar refractivity (Wildman–Crippen MR) is 123 cm³/mol. The fraction of sp³-hybridized carbons (Fsp3) is 0.435. The third kappa shape index (κ3) is 3.37. The number of anilines is 1. The number of piperidine rings is 1. The zero-order valence-corrected chi connectivity index (χ0v) is 18.7. The summed E-state index contributed by atoms with van der Waals surface area (Å²) in [6, 6.07) is 0.332. The van der Waals surface area contributed by atoms with Crippen LogP contribution in [0.2, 0.25) is 0 Å². The van der Waals surface area contributed by atoms with Crippen LogP contribution in [0, 0.1) is 5.41 Å². The predicted octanol–water partition coefficient (Wildman–Crippen LogP) is 2.88. The first-order valence-corrected chi connectivity index (χ1v) is 11.3. The summed E-state index contributed by atoms with van der Waals surface area (Å²) in [7, 11) is 1.63. The number of likely N-dealkylation sites (tertiary alicyclic amines) is 1. The quantitative estimate of drug-likeness (QED) is 0.495. The normalized spacial score (nSPS) is 18.1. The molecular formula is C23H26N8O2. The van der Waals surface area contributed by atoms with Gasteiger partial charge in [-0.15, -0.1) is 0 Å². The smallest absolute Gasteiger partial charge is 0.233 e. The number of ether oxygens (including phenoxy) is 1. The van der Waals surface area contributed by atoms with Crippen LogP contribution >= 0.6 is 0 Å². The van der Waals surface area contributed by atoms with Gasteiger partial charge in [0.05, 0.1) is 12.5 Å². The average molecular weight is 447 g/mol. The van der Waals surface area contributed by atoms with Gasteiger partial charge in [-0.3, -0.25) is 9.20 Å². The Balaban J connectivity index is 1.22. The van der Waals surface area contributed by atoms with Crippen molar-refractivity contribution in [3.05, 3.63) is 31.0 Å². The summed E-state index contributed by atoms with van der Waals surface area (Å²) in [5.41, 5.74) is 2.91. The maximum atomic E-state index is 11.6. The number of carbonyl (C=O) groups is 1. The van der Waals surface area contributed by atoms with Crippen molar-refractivity contribution in [1.29, 1.82) is 0 Å². The second-order valence-electron chi connectivity index (χ2n) is 9.22. The molecule has 170 valence electrons. The lowest BCUT2D eigenvalue weighted by atomic mass is 9.60. The number of rotatable bonds is 4. The van der Waals surface area contributed by atoms with Crippen LogP contribution in [0.4, 0.5) is 5.95 Å². The zero-order valence-electron chi connectivity index (χ0n) is 18.7. The van der Waals surface area contributed by atoms with Crippen molar-refractivity contribution in [2.45, 2.75) is 38.6 Å². The van der Waals surface area contributed by atoms with Crippen LogP contribution in [-0.4, -0.2) is 66.4 Å². The van der Waals surface area contributed by atoms with Crippen LogP contribution in [-0.2, 0) is 4.79 Å². The van der Waals surface area contributed by atoms with Gasteiger partial charge in [0.25, 0.3) is 0 Å². The van der Waals surface area contributed by atoms with Gasteiger partial charge in [-0.25, -0.2) is 9.97 Å². The molecule has 0 unspecified atom stereocenters. The number of aromatic nitrogens is 6. The molecule has 2 fully saturated rings. The molecule has 33 heavy (non-hydrogen) atoms. The van der Waals surface area contributed by atoms with E-state index in [4.69, 9.17) is 9.72 Å². The molecule has 1 spiro atoms. The third-order valence-electron chi connectivity index (χ3n) is 7.21. The molecule has 1 saturated heterocycles. The van der Waals surface area contributed by atoms with Crippen LogP contribution < -0.4 is 10.1 Å². The van der Waals surface area contributed by atoms with Crippen LogP contribution in [0.15, 0.2) is 31.0 Å². The number of aromatic amines is 1. The van der Waals surface area contributed by atoms with Gasteiger partial charge in [0.2, 0.25) is 23.5 Å². The molecule has 0 radical (unpaired) electrons. The highest BCUT2D eigenvalue weighted by Gasteiger charge is 2.46. The summed E-state index contributed by atoms with van der Waals surface area (Å²) in [5, 5.41) is 4.32. The monoisotopic (exact) mass is 446 g/mol. The summed E-state index contributed by atoms with van der Waals surface area (Å²) in [4.78, 5) is 34.8. The van der Waals surface area contributed by atoms with Crippen LogP contribution in [0.3, 0.4) is 0 Å². The van der Waals surface area contributed by atoms with Crippen molar-refractivity contribution in [3.8, 4) is 17.0 Å². The Morgan fingerprint density at radius 3 is 2.82 bits per heavy atom. The molecule has 0 bridgehead atoms. The van der Waals surface area contributed by atoms with E-state index in [2.05, 4.69) is 25.3 Å². The Labute approximate surface area is 190 Å². The second-order valence-corrected chi connectivity index (χ2v) is 9.22. The van der Waals surface area contributed by atoms with Gasteiger partial charge in [-0.1, -0.05) is 0 Å². The number of H-pyrrole nitrogens is 1. The van der Waals surface area contributed by atoms with Crippen LogP contribution in [0.5, 0.6) is 5.88 Å². The van der Waals surface area contributed by atoms with E-state index in [0.29, 0.717) is 34.7 Å². The average Bonchev–Trinajstić information content (AvgIpc) is 3.44. The molecule has 10 nitrogen and oxygen atoms in total. The zero-order chi connectivity index (χ0) is 22.6. The SMILES string of the molecule is COc1nc(NC2CC3(CCN(C(C)=O)CC3)C2)nc2[nH]cc(-c3cnc4nccn4c3)c12. The van der Waals surface area contributed by atoms with E-state index in [1.165, 1.54) is 0 Å². The van der Waals surface area contributed by atoms with Crippen LogP contribution in [0.1, 0.15) is 32.6 Å². The highest BCUT2D eigenvalue weighted by Crippen LogP contribution is 2.50. The first-order chi connectivity index (χ1) is 16.0. The summed E-state index contributed by atoms with van der Waals surface area (Å²) < 4.78 is 7.53. The summed E-state index contributed by atoms with van der Waals surface area (Å²) in [5.74, 6) is 1.92. The molecule has 6 rings (SSSR count). The Hall–Kier alpha value is -3.69. The fourth-order valence-electron chi connectivity index (χ4n) is 5.37. The highest BCUT2D eigenvalue weighted by molar-refractivity contribution is 5.97. The van der Waals surface area contributed by atoms with Gasteiger partial charge < -0.3 is 19.9 Å². The molecule has 1 aliphatic heterocycles. The number of amides is 1. The first kappa shape index (κ1) is 20.0. The molecular weight excluding hydrogens is 420 g/mol. The first-order valence-electron chi connectivity index (χ1n) is 11.3. The number of methoxy groups -OCH3 is 1. The lowest BCUT2D eigenvalue weighted by molar-refractivity contribution is -0.132. The summed E-state index contributed by atoms with van der Waals surface area (Å²) in [6.45, 7) is 3.38. The van der Waals surface area contributed by atoms with Gasteiger partial charge in [-0.05, 0) is 31.1 Å². The number of hydrogen-bond acceptors (Lipinski definition) is 7. The Bertz CT molecular complexity index is 1340.